The third-order valence-corrected chi connectivity index (χ3v) is 9.20. The second-order valence-corrected chi connectivity index (χ2v) is 12.6. The van der Waals surface area contributed by atoms with Crippen LogP contribution in [0, 0.1) is 6.92 Å². The molecule has 11 heteroatoms. The molecule has 3 aromatic carbocycles. The van der Waals surface area contributed by atoms with Gasteiger partial charge in [0.15, 0.2) is 0 Å². The topological polar surface area (TPSA) is 86.8 Å². The molecule has 0 aromatic heterocycles. The number of nitrogens with zero attached hydrogens (tertiary/aromatic N) is 2. The maximum atomic E-state index is 14.0. The van der Waals surface area contributed by atoms with Gasteiger partial charge in [-0.05, 0) is 80.8 Å². The third-order valence-electron chi connectivity index (χ3n) is 6.59. The number of rotatable bonds is 11. The minimum Gasteiger partial charge on any atom is -0.352 e. The molecule has 0 radical (unpaired) electrons. The van der Waals surface area contributed by atoms with Crippen molar-refractivity contribution >= 4 is 62.3 Å². The number of para-hydroxylation sites is 1. The highest BCUT2D eigenvalue weighted by molar-refractivity contribution is 7.92. The Hall–Kier alpha value is -2.78. The molecule has 0 bridgehead atoms. The van der Waals surface area contributed by atoms with Crippen molar-refractivity contribution in [1.29, 1.82) is 0 Å². The minimum absolute atomic E-state index is 0.0252. The van der Waals surface area contributed by atoms with Crippen LogP contribution in [0.4, 0.5) is 5.69 Å². The van der Waals surface area contributed by atoms with Crippen LogP contribution in [0.5, 0.6) is 0 Å². The predicted octanol–water partition coefficient (Wildman–Crippen LogP) is 6.48. The number of amides is 2. The van der Waals surface area contributed by atoms with Gasteiger partial charge < -0.3 is 10.2 Å². The summed E-state index contributed by atoms with van der Waals surface area (Å²) in [6, 6.07) is 16.4. The number of halogens is 3. The number of sulfonamides is 1. The quantitative estimate of drug-likeness (QED) is 0.265. The van der Waals surface area contributed by atoms with Gasteiger partial charge in [-0.25, -0.2) is 8.42 Å². The molecule has 3 rings (SSSR count). The Bertz CT molecular complexity index is 1470. The standard InChI is InChI=1S/C29H32Cl3N3O4S/c1-5-20(3)33-29(37)21(4)34(17-22-10-11-24(31)16-26(22)32)28(36)18-35(27-9-7-6-8-19(27)2)40(38,39)25-14-12-23(30)13-15-25/h6-16,20-21H,5,17-18H2,1-4H3,(H,33,37)/t20-,21-/m0/s1. The van der Waals surface area contributed by atoms with Gasteiger partial charge in [0.1, 0.15) is 12.6 Å². The fourth-order valence-electron chi connectivity index (χ4n) is 3.97. The van der Waals surface area contributed by atoms with Crippen molar-refractivity contribution in [3.8, 4) is 0 Å². The Morgan fingerprint density at radius 2 is 1.55 bits per heavy atom. The van der Waals surface area contributed by atoms with Crippen molar-refractivity contribution in [3.63, 3.8) is 0 Å². The summed E-state index contributed by atoms with van der Waals surface area (Å²) in [7, 11) is -4.19. The van der Waals surface area contributed by atoms with Crippen molar-refractivity contribution in [3.05, 3.63) is 92.9 Å². The molecule has 1 N–H and O–H groups in total. The molecule has 0 saturated carbocycles. The highest BCUT2D eigenvalue weighted by Gasteiger charge is 2.33. The van der Waals surface area contributed by atoms with E-state index in [4.69, 9.17) is 34.8 Å². The summed E-state index contributed by atoms with van der Waals surface area (Å²) in [5.74, 6) is -0.950. The molecule has 0 unspecified atom stereocenters. The summed E-state index contributed by atoms with van der Waals surface area (Å²) < 4.78 is 28.8. The van der Waals surface area contributed by atoms with Gasteiger partial charge in [0.2, 0.25) is 11.8 Å². The van der Waals surface area contributed by atoms with Crippen molar-refractivity contribution in [1.82, 2.24) is 10.2 Å². The van der Waals surface area contributed by atoms with E-state index in [1.54, 1.807) is 56.3 Å². The van der Waals surface area contributed by atoms with Crippen molar-refractivity contribution in [2.45, 2.75) is 57.6 Å². The normalized spacial score (nSPS) is 12.9. The second kappa shape index (κ2) is 13.7. The first-order valence-electron chi connectivity index (χ1n) is 12.7. The van der Waals surface area contributed by atoms with Crippen molar-refractivity contribution in [2.75, 3.05) is 10.8 Å². The van der Waals surface area contributed by atoms with E-state index in [0.717, 1.165) is 4.31 Å². The van der Waals surface area contributed by atoms with Crippen LogP contribution in [0.3, 0.4) is 0 Å². The van der Waals surface area contributed by atoms with Crippen LogP contribution in [-0.4, -0.2) is 43.8 Å². The first-order chi connectivity index (χ1) is 18.8. The monoisotopic (exact) mass is 623 g/mol. The molecule has 0 fully saturated rings. The highest BCUT2D eigenvalue weighted by Crippen LogP contribution is 2.29. The summed E-state index contributed by atoms with van der Waals surface area (Å²) in [5.41, 5.74) is 1.56. The van der Waals surface area contributed by atoms with Gasteiger partial charge >= 0.3 is 0 Å². The molecule has 3 aromatic rings. The molecular formula is C29H32Cl3N3O4S. The lowest BCUT2D eigenvalue weighted by molar-refractivity contribution is -0.139. The molecule has 40 heavy (non-hydrogen) atoms. The summed E-state index contributed by atoms with van der Waals surface area (Å²) in [6.07, 6.45) is 0.704. The van der Waals surface area contributed by atoms with E-state index in [1.165, 1.54) is 29.2 Å². The Balaban J connectivity index is 2.06. The molecule has 0 aliphatic rings. The zero-order valence-electron chi connectivity index (χ0n) is 22.7. The van der Waals surface area contributed by atoms with Crippen LogP contribution >= 0.6 is 34.8 Å². The number of nitrogens with one attached hydrogen (secondary N) is 1. The van der Waals surface area contributed by atoms with Gasteiger partial charge in [-0.1, -0.05) is 66.0 Å². The molecule has 0 saturated heterocycles. The zero-order chi connectivity index (χ0) is 29.6. The van der Waals surface area contributed by atoms with Crippen LogP contribution in [0.15, 0.2) is 71.6 Å². The molecule has 214 valence electrons. The minimum atomic E-state index is -4.19. The summed E-state index contributed by atoms with van der Waals surface area (Å²) in [6.45, 7) is 6.58. The first kappa shape index (κ1) is 31.7. The number of hydrogen-bond donors (Lipinski definition) is 1. The van der Waals surface area contributed by atoms with Crippen LogP contribution in [-0.2, 0) is 26.2 Å². The zero-order valence-corrected chi connectivity index (χ0v) is 25.8. The lowest BCUT2D eigenvalue weighted by Gasteiger charge is -2.33. The largest absolute Gasteiger partial charge is 0.352 e. The van der Waals surface area contributed by atoms with Gasteiger partial charge in [-0.2, -0.15) is 0 Å². The maximum Gasteiger partial charge on any atom is 0.264 e. The van der Waals surface area contributed by atoms with Crippen LogP contribution in [0.25, 0.3) is 0 Å². The van der Waals surface area contributed by atoms with E-state index in [1.807, 2.05) is 13.8 Å². The van der Waals surface area contributed by atoms with Gasteiger partial charge in [-0.15, -0.1) is 0 Å². The lowest BCUT2D eigenvalue weighted by atomic mass is 10.1. The van der Waals surface area contributed by atoms with Crippen LogP contribution in [0.2, 0.25) is 15.1 Å². The maximum absolute atomic E-state index is 14.0. The summed E-state index contributed by atoms with van der Waals surface area (Å²) in [5, 5.41) is 4.03. The van der Waals surface area contributed by atoms with Crippen LogP contribution in [0.1, 0.15) is 38.3 Å². The van der Waals surface area contributed by atoms with Crippen molar-refractivity contribution < 1.29 is 18.0 Å². The molecule has 2 amide bonds. The van der Waals surface area contributed by atoms with E-state index in [-0.39, 0.29) is 23.4 Å². The van der Waals surface area contributed by atoms with Gasteiger partial charge in [0, 0.05) is 27.7 Å². The van der Waals surface area contributed by atoms with Gasteiger partial charge in [0.05, 0.1) is 10.6 Å². The summed E-state index contributed by atoms with van der Waals surface area (Å²) >= 11 is 18.5. The Labute approximate surface area is 251 Å². The Morgan fingerprint density at radius 1 is 0.925 bits per heavy atom. The molecule has 7 nitrogen and oxygen atoms in total. The molecule has 0 spiro atoms. The van der Waals surface area contributed by atoms with Crippen molar-refractivity contribution in [2.24, 2.45) is 0 Å². The summed E-state index contributed by atoms with van der Waals surface area (Å²) in [4.78, 5) is 28.5. The number of carbonyl (C=O) groups is 2. The lowest BCUT2D eigenvalue weighted by Crippen LogP contribution is -2.52. The highest BCUT2D eigenvalue weighted by atomic mass is 35.5. The van der Waals surface area contributed by atoms with E-state index < -0.39 is 28.5 Å². The molecule has 2 atom stereocenters. The molecule has 0 aliphatic carbocycles. The smallest absolute Gasteiger partial charge is 0.264 e. The fraction of sp³-hybridized carbons (Fsp3) is 0.310. The Morgan fingerprint density at radius 3 is 2.15 bits per heavy atom. The van der Waals surface area contributed by atoms with Gasteiger partial charge in [0.25, 0.3) is 10.0 Å². The van der Waals surface area contributed by atoms with E-state index in [9.17, 15) is 18.0 Å². The van der Waals surface area contributed by atoms with E-state index >= 15 is 0 Å². The SMILES string of the molecule is CC[C@H](C)NC(=O)[C@H](C)N(Cc1ccc(Cl)cc1Cl)C(=O)CN(c1ccccc1C)S(=O)(=O)c1ccc(Cl)cc1. The van der Waals surface area contributed by atoms with Gasteiger partial charge in [-0.3, -0.25) is 13.9 Å². The van der Waals surface area contributed by atoms with E-state index in [2.05, 4.69) is 5.32 Å². The Kier molecular flexibility index (Phi) is 10.9. The second-order valence-electron chi connectivity index (χ2n) is 9.50. The number of aryl methyl sites for hydroxylation is 1. The average molecular weight is 625 g/mol. The molecular weight excluding hydrogens is 593 g/mol. The number of benzene rings is 3. The number of carbonyl (C=O) groups excluding carboxylic acids is 2. The average Bonchev–Trinajstić information content (AvgIpc) is 2.91. The fourth-order valence-corrected chi connectivity index (χ4v) is 6.04. The predicted molar refractivity (Wildman–Crippen MR) is 162 cm³/mol. The number of hydrogen-bond acceptors (Lipinski definition) is 4. The first-order valence-corrected chi connectivity index (χ1v) is 15.3. The van der Waals surface area contributed by atoms with E-state index in [0.29, 0.717) is 38.3 Å². The number of anilines is 1. The molecule has 0 heterocycles. The molecule has 0 aliphatic heterocycles. The third kappa shape index (κ3) is 7.69. The van der Waals surface area contributed by atoms with Crippen LogP contribution < -0.4 is 9.62 Å².